The van der Waals surface area contributed by atoms with Gasteiger partial charge in [-0.25, -0.2) is 4.79 Å². The van der Waals surface area contributed by atoms with Gasteiger partial charge in [0.05, 0.1) is 13.0 Å². The number of carbonyl (C=O) groups excluding carboxylic acids is 2. The predicted octanol–water partition coefficient (Wildman–Crippen LogP) is 2.86. The molecule has 0 aliphatic rings. The maximum atomic E-state index is 13.5. The molecule has 194 valence electrons. The molecule has 0 bridgehead atoms. The molecule has 0 saturated heterocycles. The minimum Gasteiger partial charge on any atom is -0.412 e. The van der Waals surface area contributed by atoms with E-state index in [0.717, 1.165) is 0 Å². The lowest BCUT2D eigenvalue weighted by molar-refractivity contribution is -0.350. The topological polar surface area (TPSA) is 119 Å². The van der Waals surface area contributed by atoms with E-state index in [1.807, 2.05) is 0 Å². The minimum absolute atomic E-state index is 0.129. The zero-order valence-corrected chi connectivity index (χ0v) is 16.5. The molecule has 0 aromatic heterocycles. The minimum atomic E-state index is -6.52. The van der Waals surface area contributed by atoms with E-state index in [9.17, 15) is 66.3 Å². The molecular weight excluding hydrogens is 523 g/mol. The van der Waals surface area contributed by atoms with Crippen LogP contribution >= 0.6 is 0 Å². The zero-order chi connectivity index (χ0) is 26.8. The van der Waals surface area contributed by atoms with E-state index in [2.05, 4.69) is 16.1 Å². The second-order valence-corrected chi connectivity index (χ2v) is 7.53. The molecule has 0 fully saturated rings. The molecule has 0 aliphatic heterocycles. The smallest absolute Gasteiger partial charge is 0.412 e. The summed E-state index contributed by atoms with van der Waals surface area (Å²) in [5.74, 6) is -11.1. The molecule has 0 aliphatic carbocycles. The van der Waals surface area contributed by atoms with E-state index < -0.39 is 76.2 Å². The maximum absolute atomic E-state index is 13.5. The lowest BCUT2D eigenvalue weighted by Gasteiger charge is -2.35. The molecule has 0 rings (SSSR count). The lowest BCUT2D eigenvalue weighted by atomic mass is 10.2. The first-order valence-corrected chi connectivity index (χ1v) is 9.12. The molecule has 20 heteroatoms. The Bertz CT molecular complexity index is 849. The Balaban J connectivity index is 6.45. The lowest BCUT2D eigenvalue weighted by Crippen LogP contribution is -2.66. The van der Waals surface area contributed by atoms with Gasteiger partial charge in [-0.2, -0.15) is 56.7 Å². The van der Waals surface area contributed by atoms with Crippen molar-refractivity contribution in [3.05, 3.63) is 12.2 Å². The third-order valence-corrected chi connectivity index (χ3v) is 4.22. The largest absolute Gasteiger partial charge is 0.466 e. The summed E-state index contributed by atoms with van der Waals surface area (Å²) < 4.78 is 179. The van der Waals surface area contributed by atoms with Crippen LogP contribution in [0.3, 0.4) is 0 Å². The van der Waals surface area contributed by atoms with Gasteiger partial charge in [0.2, 0.25) is 6.04 Å². The van der Waals surface area contributed by atoms with Crippen molar-refractivity contribution >= 4 is 22.0 Å². The Morgan fingerprint density at radius 2 is 1.39 bits per heavy atom. The molecule has 0 aromatic carbocycles. The van der Waals surface area contributed by atoms with E-state index in [0.29, 0.717) is 6.92 Å². The molecule has 2 N–H and O–H groups in total. The van der Waals surface area contributed by atoms with Crippen molar-refractivity contribution in [2.75, 3.05) is 6.61 Å². The van der Waals surface area contributed by atoms with Crippen LogP contribution in [0.2, 0.25) is 0 Å². The van der Waals surface area contributed by atoms with E-state index in [4.69, 9.17) is 4.55 Å². The van der Waals surface area contributed by atoms with Gasteiger partial charge in [-0.15, -0.1) is 0 Å². The Kier molecular flexibility index (Phi) is 8.92. The van der Waals surface area contributed by atoms with Gasteiger partial charge in [0.15, 0.2) is 0 Å². The van der Waals surface area contributed by atoms with Crippen LogP contribution in [-0.2, 0) is 29.2 Å². The second-order valence-electron chi connectivity index (χ2n) is 5.98. The summed E-state index contributed by atoms with van der Waals surface area (Å²) in [6.45, 7) is 1.06. The summed E-state index contributed by atoms with van der Waals surface area (Å²) in [5.41, 5.74) is -1.01. The molecule has 0 heterocycles. The Morgan fingerprint density at radius 1 is 0.970 bits per heavy atom. The highest BCUT2D eigenvalue weighted by atomic mass is 32.2. The number of rotatable bonds is 9. The van der Waals surface area contributed by atoms with Crippen LogP contribution in [-0.4, -0.2) is 67.1 Å². The SMILES string of the molecule is C=C(C)C(=O)OC(OCCC(F)(F)S(=O)(=O)O)(C(=O)NC(C(F)(F)F)C(F)(F)F)C(F)(F)F. The molecule has 8 nitrogen and oxygen atoms in total. The van der Waals surface area contributed by atoms with Crippen molar-refractivity contribution in [1.29, 1.82) is 0 Å². The van der Waals surface area contributed by atoms with Gasteiger partial charge < -0.3 is 14.8 Å². The molecule has 0 radical (unpaired) electrons. The molecule has 1 atom stereocenters. The van der Waals surface area contributed by atoms with Gasteiger partial charge in [0.1, 0.15) is 0 Å². The number of esters is 1. The third-order valence-electron chi connectivity index (χ3n) is 3.26. The van der Waals surface area contributed by atoms with Crippen molar-refractivity contribution in [2.45, 2.75) is 49.0 Å². The number of amides is 1. The first kappa shape index (κ1) is 30.8. The van der Waals surface area contributed by atoms with Crippen molar-refractivity contribution in [2.24, 2.45) is 0 Å². The van der Waals surface area contributed by atoms with Crippen LogP contribution in [0.25, 0.3) is 0 Å². The summed E-state index contributed by atoms with van der Waals surface area (Å²) >= 11 is 0. The monoisotopic (exact) mass is 535 g/mol. The number of nitrogens with one attached hydrogen (secondary N) is 1. The predicted molar refractivity (Wildman–Crippen MR) is 80.8 cm³/mol. The number of hydrogen-bond donors (Lipinski definition) is 2. The van der Waals surface area contributed by atoms with Crippen molar-refractivity contribution in [3.8, 4) is 0 Å². The van der Waals surface area contributed by atoms with Crippen LogP contribution in [0.4, 0.5) is 48.3 Å². The molecule has 0 saturated carbocycles. The first-order valence-electron chi connectivity index (χ1n) is 7.68. The first-order chi connectivity index (χ1) is 14.3. The van der Waals surface area contributed by atoms with Crippen molar-refractivity contribution in [1.82, 2.24) is 5.32 Å². The normalized spacial score (nSPS) is 15.7. The molecule has 1 unspecified atom stereocenters. The van der Waals surface area contributed by atoms with Gasteiger partial charge in [-0.05, 0) is 6.92 Å². The number of alkyl halides is 11. The van der Waals surface area contributed by atoms with Gasteiger partial charge in [-0.1, -0.05) is 6.58 Å². The average molecular weight is 535 g/mol. The number of halogens is 11. The van der Waals surface area contributed by atoms with Gasteiger partial charge in [0.25, 0.3) is 0 Å². The molecular formula is C13H12F11NO7S. The van der Waals surface area contributed by atoms with E-state index in [1.165, 1.54) is 0 Å². The fraction of sp³-hybridized carbons (Fsp3) is 0.692. The fourth-order valence-corrected chi connectivity index (χ4v) is 1.99. The Labute approximate surface area is 176 Å². The number of carbonyl (C=O) groups is 2. The summed E-state index contributed by atoms with van der Waals surface area (Å²) in [6, 6.07) is -4.97. The van der Waals surface area contributed by atoms with Crippen LogP contribution in [0.1, 0.15) is 13.3 Å². The Morgan fingerprint density at radius 3 is 1.70 bits per heavy atom. The second kappa shape index (κ2) is 9.57. The van der Waals surface area contributed by atoms with Crippen LogP contribution < -0.4 is 5.32 Å². The molecule has 0 spiro atoms. The molecule has 33 heavy (non-hydrogen) atoms. The fourth-order valence-electron chi connectivity index (χ4n) is 1.65. The van der Waals surface area contributed by atoms with E-state index in [1.54, 1.807) is 0 Å². The summed E-state index contributed by atoms with van der Waals surface area (Å²) in [6.07, 6.45) is -21.8. The van der Waals surface area contributed by atoms with Gasteiger partial charge >= 0.3 is 51.6 Å². The van der Waals surface area contributed by atoms with Crippen LogP contribution in [0.15, 0.2) is 12.2 Å². The maximum Gasteiger partial charge on any atom is 0.466 e. The van der Waals surface area contributed by atoms with Crippen molar-refractivity contribution in [3.63, 3.8) is 0 Å². The standard InChI is InChI=1S/C13H12F11NO7S/c1-5(2)6(26)32-10(13(22,23)24,31-4-3-9(14,15)33(28,29)30)8(27)25-7(11(16,17)18)12(19,20)21/h7H,1,3-4H2,2H3,(H,25,27)(H,28,29,30). The quantitative estimate of drug-likeness (QED) is 0.153. The van der Waals surface area contributed by atoms with Crippen molar-refractivity contribution < 1.29 is 80.3 Å². The van der Waals surface area contributed by atoms with Gasteiger partial charge in [-0.3, -0.25) is 9.35 Å². The Hall–Kier alpha value is -2.22. The highest BCUT2D eigenvalue weighted by Gasteiger charge is 2.69. The highest BCUT2D eigenvalue weighted by molar-refractivity contribution is 7.86. The van der Waals surface area contributed by atoms with Crippen LogP contribution in [0, 0.1) is 0 Å². The highest BCUT2D eigenvalue weighted by Crippen LogP contribution is 2.39. The van der Waals surface area contributed by atoms with E-state index >= 15 is 0 Å². The number of ether oxygens (including phenoxy) is 2. The molecule has 0 aromatic rings. The summed E-state index contributed by atoms with van der Waals surface area (Å²) in [5, 5.41) is -5.38. The van der Waals surface area contributed by atoms with E-state index in [-0.39, 0.29) is 5.32 Å². The van der Waals surface area contributed by atoms with Gasteiger partial charge in [0, 0.05) is 5.57 Å². The summed E-state index contributed by atoms with van der Waals surface area (Å²) in [4.78, 5) is 23.4. The third kappa shape index (κ3) is 7.66. The summed E-state index contributed by atoms with van der Waals surface area (Å²) in [7, 11) is -6.28. The average Bonchev–Trinajstić information content (AvgIpc) is 2.53. The van der Waals surface area contributed by atoms with Crippen LogP contribution in [0.5, 0.6) is 0 Å². The zero-order valence-electron chi connectivity index (χ0n) is 15.7. The number of hydrogen-bond acceptors (Lipinski definition) is 6. The molecule has 1 amide bonds.